The summed E-state index contributed by atoms with van der Waals surface area (Å²) in [6.07, 6.45) is 2.56. The zero-order valence-corrected chi connectivity index (χ0v) is 23.0. The van der Waals surface area contributed by atoms with E-state index in [1.54, 1.807) is 42.3 Å². The second-order valence-corrected chi connectivity index (χ2v) is 9.34. The average Bonchev–Trinajstić information content (AvgIpc) is 3.40. The van der Waals surface area contributed by atoms with Gasteiger partial charge in [-0.1, -0.05) is 30.3 Å². The number of carbonyl (C=O) groups excluding carboxylic acids is 2. The van der Waals surface area contributed by atoms with Gasteiger partial charge in [-0.3, -0.25) is 9.59 Å². The summed E-state index contributed by atoms with van der Waals surface area (Å²) < 4.78 is 29.5. The van der Waals surface area contributed by atoms with Gasteiger partial charge in [0, 0.05) is 49.9 Å². The average molecular weight is 548 g/mol. The molecule has 0 aliphatic carbocycles. The Bertz CT molecular complexity index is 1440. The van der Waals surface area contributed by atoms with Gasteiger partial charge in [-0.05, 0) is 47.9 Å². The second-order valence-electron chi connectivity index (χ2n) is 9.34. The molecule has 4 aromatic rings. The van der Waals surface area contributed by atoms with Crippen molar-refractivity contribution in [1.29, 1.82) is 0 Å². The molecular formula is C31H34FN3O5. The molecule has 40 heavy (non-hydrogen) atoms. The Kier molecular flexibility index (Phi) is 9.75. The van der Waals surface area contributed by atoms with E-state index in [1.807, 2.05) is 30.5 Å². The molecule has 8 nitrogen and oxygen atoms in total. The highest BCUT2D eigenvalue weighted by molar-refractivity contribution is 5.99. The molecule has 0 unspecified atom stereocenters. The number of fused-ring (bicyclic) bond motifs is 1. The van der Waals surface area contributed by atoms with Crippen molar-refractivity contribution in [3.63, 3.8) is 0 Å². The van der Waals surface area contributed by atoms with E-state index in [-0.39, 0.29) is 43.9 Å². The maximum absolute atomic E-state index is 13.8. The molecule has 0 aliphatic heterocycles. The summed E-state index contributed by atoms with van der Waals surface area (Å²) in [6, 6.07) is 19.0. The smallest absolute Gasteiger partial charge is 0.258 e. The first-order valence-electron chi connectivity index (χ1n) is 13.0. The lowest BCUT2D eigenvalue weighted by atomic mass is 10.1. The molecule has 9 heteroatoms. The van der Waals surface area contributed by atoms with Crippen molar-refractivity contribution in [3.05, 3.63) is 95.4 Å². The monoisotopic (exact) mass is 547 g/mol. The van der Waals surface area contributed by atoms with Crippen LogP contribution in [0.1, 0.15) is 21.5 Å². The molecule has 3 aromatic carbocycles. The molecule has 0 saturated carbocycles. The van der Waals surface area contributed by atoms with Crippen LogP contribution in [0.4, 0.5) is 4.39 Å². The molecule has 210 valence electrons. The van der Waals surface area contributed by atoms with E-state index in [0.29, 0.717) is 30.0 Å². The van der Waals surface area contributed by atoms with Gasteiger partial charge in [-0.15, -0.1) is 0 Å². The Hall–Kier alpha value is -4.37. The minimum Gasteiger partial charge on any atom is -0.497 e. The van der Waals surface area contributed by atoms with Crippen molar-refractivity contribution in [2.75, 3.05) is 47.6 Å². The zero-order chi connectivity index (χ0) is 28.5. The number of H-pyrrole nitrogens is 1. The predicted molar refractivity (Wildman–Crippen MR) is 151 cm³/mol. The van der Waals surface area contributed by atoms with Crippen LogP contribution in [0.5, 0.6) is 11.5 Å². The number of para-hydroxylation sites is 1. The lowest BCUT2D eigenvalue weighted by molar-refractivity contribution is -0.132. The van der Waals surface area contributed by atoms with Crippen LogP contribution >= 0.6 is 0 Å². The van der Waals surface area contributed by atoms with Crippen LogP contribution in [0.2, 0.25) is 0 Å². The van der Waals surface area contributed by atoms with E-state index >= 15 is 0 Å². The topological polar surface area (TPSA) is 84.1 Å². The Morgan fingerprint density at radius 1 is 0.900 bits per heavy atom. The lowest BCUT2D eigenvalue weighted by Crippen LogP contribution is -2.44. The number of rotatable bonds is 13. The van der Waals surface area contributed by atoms with Gasteiger partial charge in [0.05, 0.1) is 26.4 Å². The SMILES string of the molecule is COCCN(CC(=O)N(CCc1c[nH]c2ccccc12)Cc1ccc(F)cc1)C(=O)c1ccc(OC)cc1OC. The molecule has 0 spiro atoms. The molecule has 0 atom stereocenters. The minimum atomic E-state index is -0.358. The van der Waals surface area contributed by atoms with Crippen LogP contribution in [-0.4, -0.2) is 74.2 Å². The second kappa shape index (κ2) is 13.6. The van der Waals surface area contributed by atoms with Crippen molar-refractivity contribution in [1.82, 2.24) is 14.8 Å². The number of amides is 2. The van der Waals surface area contributed by atoms with E-state index in [0.717, 1.165) is 22.0 Å². The maximum Gasteiger partial charge on any atom is 0.258 e. The lowest BCUT2D eigenvalue weighted by Gasteiger charge is -2.28. The third kappa shape index (κ3) is 6.98. The molecule has 0 aliphatic rings. The van der Waals surface area contributed by atoms with Gasteiger partial charge in [-0.25, -0.2) is 4.39 Å². The van der Waals surface area contributed by atoms with Crippen molar-refractivity contribution in [3.8, 4) is 11.5 Å². The summed E-state index contributed by atoms with van der Waals surface area (Å²) in [7, 11) is 4.55. The van der Waals surface area contributed by atoms with Crippen LogP contribution in [-0.2, 0) is 22.5 Å². The molecule has 0 radical (unpaired) electrons. The van der Waals surface area contributed by atoms with Crippen molar-refractivity contribution >= 4 is 22.7 Å². The summed E-state index contributed by atoms with van der Waals surface area (Å²) in [5.74, 6) is -0.0352. The first-order chi connectivity index (χ1) is 19.4. The van der Waals surface area contributed by atoms with Crippen molar-refractivity contribution < 1.29 is 28.2 Å². The summed E-state index contributed by atoms with van der Waals surface area (Å²) in [4.78, 5) is 33.8. The van der Waals surface area contributed by atoms with Gasteiger partial charge < -0.3 is 29.0 Å². The first kappa shape index (κ1) is 28.6. The highest BCUT2D eigenvalue weighted by Gasteiger charge is 2.25. The van der Waals surface area contributed by atoms with Gasteiger partial charge >= 0.3 is 0 Å². The van der Waals surface area contributed by atoms with Gasteiger partial charge in [0.15, 0.2) is 0 Å². The third-order valence-electron chi connectivity index (χ3n) is 6.78. The molecule has 1 heterocycles. The number of benzene rings is 3. The molecular weight excluding hydrogens is 513 g/mol. The largest absolute Gasteiger partial charge is 0.497 e. The van der Waals surface area contributed by atoms with Crippen LogP contribution in [0.3, 0.4) is 0 Å². The fourth-order valence-corrected chi connectivity index (χ4v) is 4.56. The number of halogens is 1. The Balaban J connectivity index is 1.57. The Labute approximate surface area is 233 Å². The Morgan fingerprint density at radius 3 is 2.40 bits per heavy atom. The number of ether oxygens (including phenoxy) is 3. The van der Waals surface area contributed by atoms with E-state index in [4.69, 9.17) is 14.2 Å². The quantitative estimate of drug-likeness (QED) is 0.263. The highest BCUT2D eigenvalue weighted by atomic mass is 19.1. The number of nitrogens with zero attached hydrogens (tertiary/aromatic N) is 2. The highest BCUT2D eigenvalue weighted by Crippen LogP contribution is 2.26. The fourth-order valence-electron chi connectivity index (χ4n) is 4.56. The van der Waals surface area contributed by atoms with Crippen LogP contribution in [0.15, 0.2) is 72.9 Å². The molecule has 0 fully saturated rings. The number of hydrogen-bond acceptors (Lipinski definition) is 5. The van der Waals surface area contributed by atoms with Gasteiger partial charge in [0.25, 0.3) is 5.91 Å². The number of aromatic nitrogens is 1. The first-order valence-corrected chi connectivity index (χ1v) is 13.0. The van der Waals surface area contributed by atoms with E-state index < -0.39 is 0 Å². The molecule has 2 amide bonds. The molecule has 0 saturated heterocycles. The number of carbonyl (C=O) groups is 2. The van der Waals surface area contributed by atoms with Crippen molar-refractivity contribution in [2.24, 2.45) is 0 Å². The molecule has 1 aromatic heterocycles. The van der Waals surface area contributed by atoms with Crippen LogP contribution in [0, 0.1) is 5.82 Å². The van der Waals surface area contributed by atoms with Crippen molar-refractivity contribution in [2.45, 2.75) is 13.0 Å². The normalized spacial score (nSPS) is 10.9. The number of hydrogen-bond donors (Lipinski definition) is 1. The van der Waals surface area contributed by atoms with E-state index in [2.05, 4.69) is 4.98 Å². The number of aromatic amines is 1. The number of nitrogens with one attached hydrogen (secondary N) is 1. The zero-order valence-electron chi connectivity index (χ0n) is 23.0. The van der Waals surface area contributed by atoms with Gasteiger partial charge in [0.2, 0.25) is 5.91 Å². The van der Waals surface area contributed by atoms with Gasteiger partial charge in [0.1, 0.15) is 23.9 Å². The minimum absolute atomic E-state index is 0.160. The summed E-state index contributed by atoms with van der Waals surface area (Å²) in [5, 5.41) is 1.10. The maximum atomic E-state index is 13.8. The Morgan fingerprint density at radius 2 is 1.68 bits per heavy atom. The summed E-state index contributed by atoms with van der Waals surface area (Å²) in [5.41, 5.74) is 3.22. The molecule has 1 N–H and O–H groups in total. The standard InChI is InChI=1S/C31H34FN3O5/c1-38-17-16-35(31(37)27-13-12-25(39-2)18-29(27)40-3)21-30(36)34(20-22-8-10-24(32)11-9-22)15-14-23-19-33-28-7-5-4-6-26(23)28/h4-13,18-19,33H,14-17,20-21H2,1-3H3. The van der Waals surface area contributed by atoms with E-state index in [1.165, 1.54) is 31.3 Å². The van der Waals surface area contributed by atoms with E-state index in [9.17, 15) is 14.0 Å². The number of methoxy groups -OCH3 is 3. The molecule has 0 bridgehead atoms. The summed E-state index contributed by atoms with van der Waals surface area (Å²) in [6.45, 7) is 0.996. The molecule has 4 rings (SSSR count). The summed E-state index contributed by atoms with van der Waals surface area (Å²) >= 11 is 0. The van der Waals surface area contributed by atoms with Gasteiger partial charge in [-0.2, -0.15) is 0 Å². The third-order valence-corrected chi connectivity index (χ3v) is 6.78. The van der Waals surface area contributed by atoms with Crippen LogP contribution in [0.25, 0.3) is 10.9 Å². The predicted octanol–water partition coefficient (Wildman–Crippen LogP) is 4.68. The van der Waals surface area contributed by atoms with Crippen LogP contribution < -0.4 is 9.47 Å². The fraction of sp³-hybridized carbons (Fsp3) is 0.290.